The Morgan fingerprint density at radius 1 is 1.32 bits per heavy atom. The lowest BCUT2D eigenvalue weighted by molar-refractivity contribution is 0.265. The molecule has 2 aliphatic carbocycles. The van der Waals surface area contributed by atoms with Crippen LogP contribution in [0.5, 0.6) is 0 Å². The number of alkyl halides is 1. The van der Waals surface area contributed by atoms with Gasteiger partial charge in [-0.15, -0.1) is 0 Å². The first-order chi connectivity index (χ1) is 13.6. The van der Waals surface area contributed by atoms with Crippen LogP contribution in [-0.2, 0) is 4.74 Å². The molecule has 0 radical (unpaired) electrons. The molecule has 0 saturated carbocycles. The molecule has 4 nitrogen and oxygen atoms in total. The van der Waals surface area contributed by atoms with Crippen molar-refractivity contribution in [1.82, 2.24) is 0 Å². The number of aliphatic hydroxyl groups excluding tert-OH is 1. The lowest BCUT2D eigenvalue weighted by Gasteiger charge is -2.17. The van der Waals surface area contributed by atoms with E-state index in [1.54, 1.807) is 13.2 Å². The van der Waals surface area contributed by atoms with Gasteiger partial charge in [0.25, 0.3) is 0 Å². The van der Waals surface area contributed by atoms with Crippen molar-refractivity contribution >= 4 is 34.0 Å². The maximum absolute atomic E-state index is 9.94. The normalized spacial score (nSPS) is 20.3. The van der Waals surface area contributed by atoms with Crippen LogP contribution in [0.25, 0.3) is 0 Å². The van der Waals surface area contributed by atoms with Crippen molar-refractivity contribution in [1.29, 1.82) is 0 Å². The number of ether oxygens (including phenoxy) is 1. The second kappa shape index (κ2) is 12.2. The minimum atomic E-state index is 0.215. The van der Waals surface area contributed by atoms with Crippen LogP contribution in [0.4, 0.5) is 0 Å². The molecule has 0 amide bonds. The number of rotatable bonds is 10. The lowest BCUT2D eigenvalue weighted by Crippen LogP contribution is -2.16. The third kappa shape index (κ3) is 6.61. The van der Waals surface area contributed by atoms with Crippen molar-refractivity contribution in [3.8, 4) is 0 Å². The Morgan fingerprint density at radius 3 is 2.86 bits per heavy atom. The SMILES string of the molecule is C/C=C(/OC)C(C)/C(CCCCI)=N/CC/N=C1\CCC2=C1CC(O)=CC=C2. The number of halogens is 1. The van der Waals surface area contributed by atoms with E-state index in [9.17, 15) is 5.11 Å². The van der Waals surface area contributed by atoms with Gasteiger partial charge in [-0.1, -0.05) is 41.7 Å². The van der Waals surface area contributed by atoms with Gasteiger partial charge in [-0.05, 0) is 66.8 Å². The number of hydrogen-bond donors (Lipinski definition) is 1. The Kier molecular flexibility index (Phi) is 10.0. The number of aliphatic hydroxyl groups is 1. The second-order valence-corrected chi connectivity index (χ2v) is 8.24. The minimum Gasteiger partial charge on any atom is -0.512 e. The van der Waals surface area contributed by atoms with E-state index in [0.717, 1.165) is 37.2 Å². The van der Waals surface area contributed by atoms with Gasteiger partial charge < -0.3 is 9.84 Å². The number of nitrogens with zero attached hydrogens (tertiary/aromatic N) is 2. The van der Waals surface area contributed by atoms with Crippen molar-refractivity contribution in [3.05, 3.63) is 47.0 Å². The Morgan fingerprint density at radius 2 is 2.14 bits per heavy atom. The molecule has 0 aromatic carbocycles. The summed E-state index contributed by atoms with van der Waals surface area (Å²) in [6, 6.07) is 0. The smallest absolute Gasteiger partial charge is 0.0996 e. The highest BCUT2D eigenvalue weighted by atomic mass is 127. The number of methoxy groups -OCH3 is 1. The molecule has 0 spiro atoms. The van der Waals surface area contributed by atoms with Gasteiger partial charge in [0.05, 0.1) is 37.6 Å². The van der Waals surface area contributed by atoms with Gasteiger partial charge >= 0.3 is 0 Å². The molecule has 154 valence electrons. The summed E-state index contributed by atoms with van der Waals surface area (Å²) in [5.74, 6) is 1.61. The molecule has 0 aromatic rings. The van der Waals surface area contributed by atoms with E-state index in [2.05, 4.69) is 35.6 Å². The van der Waals surface area contributed by atoms with Crippen LogP contribution in [0.2, 0.25) is 0 Å². The first-order valence-corrected chi connectivity index (χ1v) is 11.7. The van der Waals surface area contributed by atoms with Crippen LogP contribution in [0.1, 0.15) is 52.4 Å². The molecule has 1 unspecified atom stereocenters. The fourth-order valence-corrected chi connectivity index (χ4v) is 4.29. The Hall–Kier alpha value is -1.37. The largest absolute Gasteiger partial charge is 0.512 e. The highest BCUT2D eigenvalue weighted by Crippen LogP contribution is 2.31. The molecule has 1 N–H and O–H groups in total. The van der Waals surface area contributed by atoms with Gasteiger partial charge in [-0.25, -0.2) is 0 Å². The predicted molar refractivity (Wildman–Crippen MR) is 128 cm³/mol. The molecule has 2 rings (SSSR count). The fraction of sp³-hybridized carbons (Fsp3) is 0.565. The van der Waals surface area contributed by atoms with Gasteiger partial charge in [0.2, 0.25) is 0 Å². The van der Waals surface area contributed by atoms with Gasteiger partial charge in [-0.3, -0.25) is 9.98 Å². The van der Waals surface area contributed by atoms with Crippen molar-refractivity contribution in [2.24, 2.45) is 15.9 Å². The summed E-state index contributed by atoms with van der Waals surface area (Å²) >= 11 is 2.43. The van der Waals surface area contributed by atoms with E-state index >= 15 is 0 Å². The van der Waals surface area contributed by atoms with Crippen molar-refractivity contribution in [2.45, 2.75) is 52.4 Å². The zero-order valence-electron chi connectivity index (χ0n) is 17.4. The highest BCUT2D eigenvalue weighted by molar-refractivity contribution is 14.1. The minimum absolute atomic E-state index is 0.215. The maximum atomic E-state index is 9.94. The molecule has 1 atom stereocenters. The van der Waals surface area contributed by atoms with E-state index in [0.29, 0.717) is 25.3 Å². The van der Waals surface area contributed by atoms with Crippen LogP contribution < -0.4 is 0 Å². The molecule has 0 aliphatic heterocycles. The van der Waals surface area contributed by atoms with E-state index < -0.39 is 0 Å². The number of aliphatic imine (C=N–C) groups is 2. The molecular formula is C23H33IN2O2. The topological polar surface area (TPSA) is 54.2 Å². The first-order valence-electron chi connectivity index (χ1n) is 10.2. The Bertz CT molecular complexity index is 714. The number of allylic oxidation sites excluding steroid dienone is 7. The summed E-state index contributed by atoms with van der Waals surface area (Å²) in [4.78, 5) is 9.74. The molecule has 0 fully saturated rings. The summed E-state index contributed by atoms with van der Waals surface area (Å²) in [5.41, 5.74) is 4.87. The maximum Gasteiger partial charge on any atom is 0.0996 e. The van der Waals surface area contributed by atoms with Crippen LogP contribution in [0.3, 0.4) is 0 Å². The molecule has 0 heterocycles. The monoisotopic (exact) mass is 496 g/mol. The molecule has 5 heteroatoms. The quantitative estimate of drug-likeness (QED) is 0.130. The average molecular weight is 496 g/mol. The predicted octanol–water partition coefficient (Wildman–Crippen LogP) is 6.15. The van der Waals surface area contributed by atoms with E-state index in [-0.39, 0.29) is 5.92 Å². The number of hydrogen-bond acceptors (Lipinski definition) is 4. The van der Waals surface area contributed by atoms with Crippen molar-refractivity contribution < 1.29 is 9.84 Å². The summed E-state index contributed by atoms with van der Waals surface area (Å²) in [6.07, 6.45) is 13.8. The van der Waals surface area contributed by atoms with Crippen molar-refractivity contribution in [2.75, 3.05) is 24.6 Å². The third-order valence-electron chi connectivity index (χ3n) is 5.29. The molecular weight excluding hydrogens is 463 g/mol. The molecule has 2 aliphatic rings. The van der Waals surface area contributed by atoms with E-state index in [4.69, 9.17) is 14.7 Å². The summed E-state index contributed by atoms with van der Waals surface area (Å²) in [7, 11) is 1.73. The van der Waals surface area contributed by atoms with Gasteiger partial charge in [0, 0.05) is 17.8 Å². The summed E-state index contributed by atoms with van der Waals surface area (Å²) < 4.78 is 6.71. The van der Waals surface area contributed by atoms with Crippen LogP contribution in [0, 0.1) is 5.92 Å². The van der Waals surface area contributed by atoms with E-state index in [1.165, 1.54) is 27.7 Å². The van der Waals surface area contributed by atoms with Gasteiger partial charge in [-0.2, -0.15) is 0 Å². The Balaban J connectivity index is 2.02. The van der Waals surface area contributed by atoms with Crippen LogP contribution in [-0.4, -0.2) is 41.2 Å². The zero-order chi connectivity index (χ0) is 20.4. The highest BCUT2D eigenvalue weighted by Gasteiger charge is 2.21. The first kappa shape index (κ1) is 22.9. The molecule has 0 bridgehead atoms. The molecule has 0 saturated heterocycles. The van der Waals surface area contributed by atoms with Crippen molar-refractivity contribution in [3.63, 3.8) is 0 Å². The summed E-state index contributed by atoms with van der Waals surface area (Å²) in [5, 5.41) is 9.94. The standard InChI is InChI=1S/C23H33IN2O2/c1-4-23(28-3)17(2)21(10-5-6-13-24)25-14-15-26-22-12-11-18-8-7-9-19(27)16-20(18)22/h4,7-9,17,27H,5-6,10-16H2,1-3H3/b23-4+,25-21+,26-22+. The molecule has 28 heavy (non-hydrogen) atoms. The Labute approximate surface area is 183 Å². The van der Waals surface area contributed by atoms with Crippen LogP contribution >= 0.6 is 22.6 Å². The molecule has 0 aromatic heterocycles. The fourth-order valence-electron chi connectivity index (χ4n) is 3.75. The van der Waals surface area contributed by atoms with Gasteiger partial charge in [0.1, 0.15) is 0 Å². The number of unbranched alkanes of at least 4 members (excludes halogenated alkanes) is 1. The van der Waals surface area contributed by atoms with E-state index in [1.807, 2.05) is 19.1 Å². The van der Waals surface area contributed by atoms with Crippen LogP contribution in [0.15, 0.2) is 57.0 Å². The van der Waals surface area contributed by atoms with Gasteiger partial charge in [0.15, 0.2) is 0 Å². The second-order valence-electron chi connectivity index (χ2n) is 7.16. The lowest BCUT2D eigenvalue weighted by atomic mass is 9.98. The summed E-state index contributed by atoms with van der Waals surface area (Å²) in [6.45, 7) is 5.59. The third-order valence-corrected chi connectivity index (χ3v) is 6.05. The zero-order valence-corrected chi connectivity index (χ0v) is 19.5. The average Bonchev–Trinajstić information content (AvgIpc) is 2.95.